The van der Waals surface area contributed by atoms with Crippen LogP contribution in [0.4, 0.5) is 5.69 Å². The zero-order valence-corrected chi connectivity index (χ0v) is 10.3. The molecule has 5 heteroatoms. The average molecular weight is 250 g/mol. The highest BCUT2D eigenvalue weighted by molar-refractivity contribution is 5.43. The number of rotatable bonds is 5. The Bertz CT molecular complexity index is 428. The van der Waals surface area contributed by atoms with Crippen molar-refractivity contribution >= 4 is 5.69 Å². The van der Waals surface area contributed by atoms with Crippen LogP contribution in [0.15, 0.2) is 18.2 Å². The fraction of sp³-hybridized carbons (Fsp3) is 0.538. The molecule has 1 fully saturated rings. The van der Waals surface area contributed by atoms with Gasteiger partial charge in [0, 0.05) is 24.2 Å². The minimum absolute atomic E-state index is 0.0590. The van der Waals surface area contributed by atoms with E-state index in [1.807, 2.05) is 0 Å². The first-order chi connectivity index (χ1) is 8.70. The van der Waals surface area contributed by atoms with Crippen LogP contribution in [0.2, 0.25) is 0 Å². The molecule has 98 valence electrons. The van der Waals surface area contributed by atoms with Crippen molar-refractivity contribution < 1.29 is 9.66 Å². The molecule has 1 aromatic carbocycles. The number of hydrogen-bond acceptors (Lipinski definition) is 4. The van der Waals surface area contributed by atoms with Crippen molar-refractivity contribution in [3.05, 3.63) is 33.9 Å². The maximum absolute atomic E-state index is 10.7. The van der Waals surface area contributed by atoms with E-state index >= 15 is 0 Å². The molecule has 2 N–H and O–H groups in total. The lowest BCUT2D eigenvalue weighted by Crippen LogP contribution is -2.10. The number of nitrogens with two attached hydrogens (primary N) is 1. The summed E-state index contributed by atoms with van der Waals surface area (Å²) in [4.78, 5) is 10.3. The molecule has 0 saturated heterocycles. The largest absolute Gasteiger partial charge is 0.493 e. The maximum Gasteiger partial charge on any atom is 0.270 e. The summed E-state index contributed by atoms with van der Waals surface area (Å²) in [6.07, 6.45) is 4.98. The molecule has 0 radical (unpaired) electrons. The summed E-state index contributed by atoms with van der Waals surface area (Å²) in [6.45, 7) is 0.937. The van der Waals surface area contributed by atoms with Gasteiger partial charge < -0.3 is 10.5 Å². The van der Waals surface area contributed by atoms with Gasteiger partial charge in [0.25, 0.3) is 5.69 Å². The fourth-order valence-corrected chi connectivity index (χ4v) is 2.36. The van der Waals surface area contributed by atoms with Crippen molar-refractivity contribution in [3.63, 3.8) is 0 Å². The summed E-state index contributed by atoms with van der Waals surface area (Å²) in [5.74, 6) is 1.29. The van der Waals surface area contributed by atoms with Crippen molar-refractivity contribution in [1.29, 1.82) is 0 Å². The predicted octanol–water partition coefficient (Wildman–Crippen LogP) is 2.62. The van der Waals surface area contributed by atoms with Crippen molar-refractivity contribution in [2.24, 2.45) is 11.7 Å². The van der Waals surface area contributed by atoms with Crippen LogP contribution in [0.1, 0.15) is 31.2 Å². The Labute approximate surface area is 106 Å². The van der Waals surface area contributed by atoms with Gasteiger partial charge in [-0.15, -0.1) is 0 Å². The Morgan fingerprint density at radius 1 is 1.39 bits per heavy atom. The van der Waals surface area contributed by atoms with Gasteiger partial charge in [-0.2, -0.15) is 0 Å². The van der Waals surface area contributed by atoms with E-state index in [1.165, 1.54) is 37.8 Å². The highest BCUT2D eigenvalue weighted by Crippen LogP contribution is 2.28. The van der Waals surface area contributed by atoms with Gasteiger partial charge in [0.15, 0.2) is 0 Å². The maximum atomic E-state index is 10.7. The molecule has 1 aromatic rings. The monoisotopic (exact) mass is 250 g/mol. The van der Waals surface area contributed by atoms with Crippen molar-refractivity contribution in [1.82, 2.24) is 0 Å². The minimum Gasteiger partial charge on any atom is -0.493 e. The molecule has 0 atom stereocenters. The van der Waals surface area contributed by atoms with E-state index in [0.29, 0.717) is 23.8 Å². The van der Waals surface area contributed by atoms with Crippen LogP contribution < -0.4 is 10.5 Å². The highest BCUT2D eigenvalue weighted by Gasteiger charge is 2.17. The van der Waals surface area contributed by atoms with Gasteiger partial charge in [-0.3, -0.25) is 10.1 Å². The summed E-state index contributed by atoms with van der Waals surface area (Å²) in [5, 5.41) is 10.7. The molecule has 0 amide bonds. The highest BCUT2D eigenvalue weighted by atomic mass is 16.6. The van der Waals surface area contributed by atoms with Crippen molar-refractivity contribution in [2.75, 3.05) is 6.61 Å². The van der Waals surface area contributed by atoms with E-state index in [2.05, 4.69) is 0 Å². The van der Waals surface area contributed by atoms with Crippen LogP contribution in [-0.2, 0) is 6.54 Å². The Morgan fingerprint density at radius 2 is 2.11 bits per heavy atom. The van der Waals surface area contributed by atoms with Crippen LogP contribution in [-0.4, -0.2) is 11.5 Å². The number of nitro benzene ring substituents is 1. The van der Waals surface area contributed by atoms with Crippen LogP contribution in [0.5, 0.6) is 5.75 Å². The minimum atomic E-state index is -0.417. The van der Waals surface area contributed by atoms with Crippen LogP contribution in [0, 0.1) is 16.0 Å². The van der Waals surface area contributed by atoms with Gasteiger partial charge in [-0.1, -0.05) is 12.8 Å². The normalized spacial score (nSPS) is 15.8. The zero-order valence-electron chi connectivity index (χ0n) is 10.3. The molecule has 0 aliphatic heterocycles. The number of benzene rings is 1. The Morgan fingerprint density at radius 3 is 2.72 bits per heavy atom. The van der Waals surface area contributed by atoms with E-state index in [1.54, 1.807) is 6.07 Å². The quantitative estimate of drug-likeness (QED) is 0.643. The molecule has 0 heterocycles. The first kappa shape index (κ1) is 12.8. The summed E-state index contributed by atoms with van der Waals surface area (Å²) in [7, 11) is 0. The van der Waals surface area contributed by atoms with Crippen LogP contribution in [0.25, 0.3) is 0 Å². The topological polar surface area (TPSA) is 78.4 Å². The molecule has 5 nitrogen and oxygen atoms in total. The summed E-state index contributed by atoms with van der Waals surface area (Å²) in [5.41, 5.74) is 6.36. The average Bonchev–Trinajstić information content (AvgIpc) is 2.89. The molecule has 1 aliphatic carbocycles. The molecule has 1 aliphatic rings. The zero-order chi connectivity index (χ0) is 13.0. The molecule has 2 rings (SSSR count). The third-order valence-electron chi connectivity index (χ3n) is 3.42. The smallest absolute Gasteiger partial charge is 0.270 e. The Hall–Kier alpha value is -1.62. The SMILES string of the molecule is NCc1cc([N+](=O)[O-])ccc1OCC1CCCC1. The lowest BCUT2D eigenvalue weighted by Gasteiger charge is -2.13. The first-order valence-corrected chi connectivity index (χ1v) is 6.31. The predicted molar refractivity (Wildman–Crippen MR) is 68.4 cm³/mol. The molecule has 0 bridgehead atoms. The third-order valence-corrected chi connectivity index (χ3v) is 3.42. The van der Waals surface area contributed by atoms with Crippen molar-refractivity contribution in [2.45, 2.75) is 32.2 Å². The van der Waals surface area contributed by atoms with Gasteiger partial charge in [-0.05, 0) is 24.8 Å². The van der Waals surface area contributed by atoms with E-state index in [0.717, 1.165) is 0 Å². The van der Waals surface area contributed by atoms with Gasteiger partial charge >= 0.3 is 0 Å². The van der Waals surface area contributed by atoms with Crippen LogP contribution in [0.3, 0.4) is 0 Å². The third kappa shape index (κ3) is 2.98. The van der Waals surface area contributed by atoms with E-state index in [-0.39, 0.29) is 12.2 Å². The van der Waals surface area contributed by atoms with E-state index in [9.17, 15) is 10.1 Å². The molecule has 0 unspecified atom stereocenters. The number of non-ortho nitro benzene ring substituents is 1. The van der Waals surface area contributed by atoms with Crippen LogP contribution >= 0.6 is 0 Å². The van der Waals surface area contributed by atoms with Gasteiger partial charge in [0.2, 0.25) is 0 Å². The number of nitrogens with zero attached hydrogens (tertiary/aromatic N) is 1. The Balaban J connectivity index is 2.04. The summed E-state index contributed by atoms with van der Waals surface area (Å²) < 4.78 is 5.74. The second-order valence-electron chi connectivity index (χ2n) is 4.71. The Kier molecular flexibility index (Phi) is 4.15. The second kappa shape index (κ2) is 5.82. The number of hydrogen-bond donors (Lipinski definition) is 1. The van der Waals surface area contributed by atoms with Gasteiger partial charge in [0.1, 0.15) is 5.75 Å². The van der Waals surface area contributed by atoms with E-state index < -0.39 is 4.92 Å². The molecule has 0 spiro atoms. The van der Waals surface area contributed by atoms with E-state index in [4.69, 9.17) is 10.5 Å². The van der Waals surface area contributed by atoms with Crippen molar-refractivity contribution in [3.8, 4) is 5.75 Å². The fourth-order valence-electron chi connectivity index (χ4n) is 2.36. The standard InChI is InChI=1S/C13H18N2O3/c14-8-11-7-12(15(16)17)5-6-13(11)18-9-10-3-1-2-4-10/h5-7,10H,1-4,8-9,14H2. The molecular formula is C13H18N2O3. The lowest BCUT2D eigenvalue weighted by molar-refractivity contribution is -0.384. The van der Waals surface area contributed by atoms with Gasteiger partial charge in [0.05, 0.1) is 11.5 Å². The lowest BCUT2D eigenvalue weighted by atomic mass is 10.1. The number of nitro groups is 1. The second-order valence-corrected chi connectivity index (χ2v) is 4.71. The molecule has 18 heavy (non-hydrogen) atoms. The molecule has 0 aromatic heterocycles. The first-order valence-electron chi connectivity index (χ1n) is 6.31. The summed E-state index contributed by atoms with van der Waals surface area (Å²) in [6, 6.07) is 4.60. The van der Waals surface area contributed by atoms with Gasteiger partial charge in [-0.25, -0.2) is 0 Å². The molecule has 1 saturated carbocycles. The summed E-state index contributed by atoms with van der Waals surface area (Å²) >= 11 is 0. The molecular weight excluding hydrogens is 232 g/mol. The number of ether oxygens (including phenoxy) is 1.